The Balaban J connectivity index is 2.22. The van der Waals surface area contributed by atoms with Gasteiger partial charge in [0.15, 0.2) is 0 Å². The van der Waals surface area contributed by atoms with E-state index < -0.39 is 10.0 Å². The molecule has 118 valence electrons. The van der Waals surface area contributed by atoms with Crippen molar-refractivity contribution < 1.29 is 13.5 Å². The van der Waals surface area contributed by atoms with Crippen LogP contribution in [-0.4, -0.2) is 37.5 Å². The number of rotatable bonds is 4. The van der Waals surface area contributed by atoms with Crippen LogP contribution in [0.5, 0.6) is 0 Å². The predicted octanol–water partition coefficient (Wildman–Crippen LogP) is 2.48. The molecule has 4 nitrogen and oxygen atoms in total. The van der Waals surface area contributed by atoms with E-state index in [-0.39, 0.29) is 12.0 Å². The monoisotopic (exact) mass is 311 g/mol. The Morgan fingerprint density at radius 2 is 1.86 bits per heavy atom. The van der Waals surface area contributed by atoms with E-state index in [0.717, 1.165) is 30.4 Å². The summed E-state index contributed by atoms with van der Waals surface area (Å²) in [5, 5.41) is 9.55. The number of sulfonamides is 1. The van der Waals surface area contributed by atoms with Crippen LogP contribution in [0.2, 0.25) is 0 Å². The van der Waals surface area contributed by atoms with Gasteiger partial charge in [-0.05, 0) is 50.2 Å². The highest BCUT2D eigenvalue weighted by Crippen LogP contribution is 2.36. The molecule has 0 aliphatic carbocycles. The van der Waals surface area contributed by atoms with Crippen LogP contribution in [0.15, 0.2) is 23.1 Å². The fourth-order valence-corrected chi connectivity index (χ4v) is 4.70. The summed E-state index contributed by atoms with van der Waals surface area (Å²) in [5.74, 6) is 0. The number of nitrogens with zero attached hydrogens (tertiary/aromatic N) is 1. The summed E-state index contributed by atoms with van der Waals surface area (Å²) < 4.78 is 27.1. The van der Waals surface area contributed by atoms with Gasteiger partial charge in [-0.3, -0.25) is 0 Å². The van der Waals surface area contributed by atoms with E-state index in [1.54, 1.807) is 10.4 Å². The summed E-state index contributed by atoms with van der Waals surface area (Å²) in [4.78, 5) is 0.404. The SMILES string of the molecule is CCC1(CO)CCN(S(=O)(=O)c2ccc(C)cc2C)CC1. The fraction of sp³-hybridized carbons (Fsp3) is 0.625. The van der Waals surface area contributed by atoms with Crippen LogP contribution < -0.4 is 0 Å². The molecule has 1 aromatic carbocycles. The lowest BCUT2D eigenvalue weighted by atomic mass is 9.77. The van der Waals surface area contributed by atoms with Gasteiger partial charge in [0.25, 0.3) is 0 Å². The van der Waals surface area contributed by atoms with Gasteiger partial charge in [0.1, 0.15) is 0 Å². The molecule has 0 amide bonds. The first kappa shape index (κ1) is 16.5. The number of aliphatic hydroxyl groups is 1. The summed E-state index contributed by atoms with van der Waals surface area (Å²) >= 11 is 0. The number of aryl methyl sites for hydroxylation is 2. The molecule has 1 N–H and O–H groups in total. The van der Waals surface area contributed by atoms with Gasteiger partial charge in [-0.25, -0.2) is 8.42 Å². The van der Waals surface area contributed by atoms with Crippen LogP contribution in [0, 0.1) is 19.3 Å². The summed E-state index contributed by atoms with van der Waals surface area (Å²) in [6, 6.07) is 5.45. The van der Waals surface area contributed by atoms with Crippen molar-refractivity contribution in [3.8, 4) is 0 Å². The average molecular weight is 311 g/mol. The topological polar surface area (TPSA) is 57.6 Å². The third kappa shape index (κ3) is 3.15. The second-order valence-corrected chi connectivity index (χ2v) is 8.09. The van der Waals surface area contributed by atoms with Gasteiger partial charge < -0.3 is 5.11 Å². The van der Waals surface area contributed by atoms with Crippen LogP contribution >= 0.6 is 0 Å². The third-order valence-corrected chi connectivity index (χ3v) is 6.88. The van der Waals surface area contributed by atoms with Crippen LogP contribution in [0.1, 0.15) is 37.3 Å². The first-order valence-electron chi connectivity index (χ1n) is 7.53. The Bertz CT molecular complexity index is 596. The molecule has 0 unspecified atom stereocenters. The zero-order chi connectivity index (χ0) is 15.7. The van der Waals surface area contributed by atoms with Gasteiger partial charge >= 0.3 is 0 Å². The van der Waals surface area contributed by atoms with Gasteiger partial charge in [0, 0.05) is 19.7 Å². The minimum atomic E-state index is -3.42. The summed E-state index contributed by atoms with van der Waals surface area (Å²) in [7, 11) is -3.42. The highest BCUT2D eigenvalue weighted by molar-refractivity contribution is 7.89. The van der Waals surface area contributed by atoms with Crippen molar-refractivity contribution in [1.29, 1.82) is 0 Å². The van der Waals surface area contributed by atoms with Crippen LogP contribution in [0.4, 0.5) is 0 Å². The van der Waals surface area contributed by atoms with Crippen LogP contribution in [-0.2, 0) is 10.0 Å². The second kappa shape index (κ2) is 6.07. The lowest BCUT2D eigenvalue weighted by Crippen LogP contribution is -2.44. The van der Waals surface area contributed by atoms with E-state index >= 15 is 0 Å². The van der Waals surface area contributed by atoms with Gasteiger partial charge in [0.2, 0.25) is 10.0 Å². The van der Waals surface area contributed by atoms with Crippen LogP contribution in [0.25, 0.3) is 0 Å². The average Bonchev–Trinajstić information content (AvgIpc) is 2.47. The molecule has 2 rings (SSSR count). The number of hydrogen-bond acceptors (Lipinski definition) is 3. The molecule has 1 heterocycles. The summed E-state index contributed by atoms with van der Waals surface area (Å²) in [5.41, 5.74) is 1.76. The molecule has 0 atom stereocenters. The molecule has 0 saturated carbocycles. The molecule has 1 saturated heterocycles. The quantitative estimate of drug-likeness (QED) is 0.929. The van der Waals surface area contributed by atoms with E-state index in [9.17, 15) is 13.5 Å². The number of piperidine rings is 1. The smallest absolute Gasteiger partial charge is 0.243 e. The van der Waals surface area contributed by atoms with E-state index in [4.69, 9.17) is 0 Å². The minimum absolute atomic E-state index is 0.103. The van der Waals surface area contributed by atoms with Gasteiger partial charge in [-0.1, -0.05) is 24.6 Å². The van der Waals surface area contributed by atoms with Crippen molar-refractivity contribution in [2.45, 2.75) is 44.9 Å². The molecule has 0 radical (unpaired) electrons. The first-order chi connectivity index (χ1) is 9.84. The molecule has 1 aliphatic rings. The Kier molecular flexibility index (Phi) is 4.76. The number of aliphatic hydroxyl groups excluding tert-OH is 1. The zero-order valence-electron chi connectivity index (χ0n) is 13.1. The minimum Gasteiger partial charge on any atom is -0.396 e. The summed E-state index contributed by atoms with van der Waals surface area (Å²) in [6.07, 6.45) is 2.34. The fourth-order valence-electron chi connectivity index (χ4n) is 3.05. The first-order valence-corrected chi connectivity index (χ1v) is 8.97. The normalized spacial score (nSPS) is 19.6. The Hall–Kier alpha value is -0.910. The van der Waals surface area contributed by atoms with Crippen molar-refractivity contribution in [1.82, 2.24) is 4.31 Å². The van der Waals surface area contributed by atoms with Gasteiger partial charge in [-0.15, -0.1) is 0 Å². The molecule has 21 heavy (non-hydrogen) atoms. The van der Waals surface area contributed by atoms with E-state index in [1.165, 1.54) is 0 Å². The molecule has 1 fully saturated rings. The van der Waals surface area contributed by atoms with Gasteiger partial charge in [-0.2, -0.15) is 4.31 Å². The third-order valence-electron chi connectivity index (χ3n) is 4.82. The van der Waals surface area contributed by atoms with Crippen LogP contribution in [0.3, 0.4) is 0 Å². The predicted molar refractivity (Wildman–Crippen MR) is 83.7 cm³/mol. The zero-order valence-corrected chi connectivity index (χ0v) is 13.9. The highest BCUT2D eigenvalue weighted by Gasteiger charge is 2.37. The van der Waals surface area contributed by atoms with Crippen molar-refractivity contribution in [3.63, 3.8) is 0 Å². The lowest BCUT2D eigenvalue weighted by Gasteiger charge is -2.39. The number of benzene rings is 1. The largest absolute Gasteiger partial charge is 0.396 e. The molecule has 0 bridgehead atoms. The second-order valence-electron chi connectivity index (χ2n) is 6.18. The lowest BCUT2D eigenvalue weighted by molar-refractivity contribution is 0.0647. The van der Waals surface area contributed by atoms with Crippen molar-refractivity contribution in [3.05, 3.63) is 29.3 Å². The molecule has 1 aromatic rings. The Morgan fingerprint density at radius 1 is 1.24 bits per heavy atom. The molecule has 0 spiro atoms. The van der Waals surface area contributed by atoms with Crippen molar-refractivity contribution >= 4 is 10.0 Å². The molecule has 5 heteroatoms. The van der Waals surface area contributed by atoms with E-state index in [2.05, 4.69) is 6.92 Å². The van der Waals surface area contributed by atoms with Gasteiger partial charge in [0.05, 0.1) is 4.90 Å². The molecule has 0 aromatic heterocycles. The maximum absolute atomic E-state index is 12.8. The Labute approximate surface area is 127 Å². The molecule has 1 aliphatic heterocycles. The maximum atomic E-state index is 12.8. The van der Waals surface area contributed by atoms with E-state index in [1.807, 2.05) is 26.0 Å². The standard InChI is InChI=1S/C16H25NO3S/c1-4-16(12-18)7-9-17(10-8-16)21(19,20)15-6-5-13(2)11-14(15)3/h5-6,11,18H,4,7-10,12H2,1-3H3. The molecular formula is C16H25NO3S. The summed E-state index contributed by atoms with van der Waals surface area (Å²) in [6.45, 7) is 6.98. The number of hydrogen-bond donors (Lipinski definition) is 1. The van der Waals surface area contributed by atoms with Crippen molar-refractivity contribution in [2.24, 2.45) is 5.41 Å². The van der Waals surface area contributed by atoms with Crippen molar-refractivity contribution in [2.75, 3.05) is 19.7 Å². The molecular weight excluding hydrogens is 286 g/mol. The Morgan fingerprint density at radius 3 is 2.33 bits per heavy atom. The maximum Gasteiger partial charge on any atom is 0.243 e. The highest BCUT2D eigenvalue weighted by atomic mass is 32.2. The van der Waals surface area contributed by atoms with E-state index in [0.29, 0.717) is 18.0 Å².